The first-order valence-corrected chi connectivity index (χ1v) is 23.2. The Kier molecular flexibility index (Phi) is 9.11. The summed E-state index contributed by atoms with van der Waals surface area (Å²) in [5, 5.41) is 5.02. The molecule has 0 fully saturated rings. The Bertz CT molecular complexity index is 3740. The molecule has 1 aliphatic rings. The lowest BCUT2D eigenvalue weighted by molar-refractivity contribution is 0.768. The number of hydrogen-bond donors (Lipinski definition) is 0. The lowest BCUT2D eigenvalue weighted by atomic mass is 9.67. The summed E-state index contributed by atoms with van der Waals surface area (Å²) in [6, 6.07) is 98.1. The van der Waals surface area contributed by atoms with Crippen molar-refractivity contribution in [3.8, 4) is 39.1 Å². The number of aromatic nitrogens is 1. The predicted molar refractivity (Wildman–Crippen MR) is 281 cm³/mol. The van der Waals surface area contributed by atoms with Crippen LogP contribution in [0.25, 0.3) is 71.6 Å². The Labute approximate surface area is 390 Å². The quantitative estimate of drug-likeness (QED) is 0.148. The first-order valence-electron chi connectivity index (χ1n) is 23.2. The van der Waals surface area contributed by atoms with Crippen molar-refractivity contribution in [3.63, 3.8) is 0 Å². The third-order valence-electron chi connectivity index (χ3n) is 14.0. The van der Waals surface area contributed by atoms with Crippen LogP contribution in [0, 0.1) is 0 Å². The maximum atomic E-state index is 2.46. The van der Waals surface area contributed by atoms with Gasteiger partial charge in [0.1, 0.15) is 0 Å². The van der Waals surface area contributed by atoms with E-state index in [4.69, 9.17) is 0 Å². The molecule has 0 unspecified atom stereocenters. The lowest BCUT2D eigenvalue weighted by Gasteiger charge is -2.35. The summed E-state index contributed by atoms with van der Waals surface area (Å²) in [5.41, 5.74) is 18.6. The van der Waals surface area contributed by atoms with Crippen LogP contribution in [0.5, 0.6) is 0 Å². The monoisotopic (exact) mass is 852 g/mol. The molecule has 0 aliphatic heterocycles. The Balaban J connectivity index is 0.959. The van der Waals surface area contributed by atoms with Crippen LogP contribution in [0.2, 0.25) is 0 Å². The van der Waals surface area contributed by atoms with Gasteiger partial charge in [-0.1, -0.05) is 200 Å². The molecular weight excluding hydrogens is 809 g/mol. The van der Waals surface area contributed by atoms with E-state index in [1.54, 1.807) is 0 Å². The highest BCUT2D eigenvalue weighted by atomic mass is 15.1. The zero-order chi connectivity index (χ0) is 44.3. The predicted octanol–water partition coefficient (Wildman–Crippen LogP) is 17.1. The molecule has 1 aliphatic carbocycles. The van der Waals surface area contributed by atoms with E-state index in [1.165, 1.54) is 77.1 Å². The van der Waals surface area contributed by atoms with E-state index in [-0.39, 0.29) is 0 Å². The molecule has 11 aromatic carbocycles. The van der Waals surface area contributed by atoms with Crippen molar-refractivity contribution in [2.24, 2.45) is 0 Å². The van der Waals surface area contributed by atoms with Crippen LogP contribution in [0.4, 0.5) is 17.1 Å². The summed E-state index contributed by atoms with van der Waals surface area (Å²) >= 11 is 0. The van der Waals surface area contributed by atoms with Gasteiger partial charge in [-0.05, 0) is 133 Å². The first-order chi connectivity index (χ1) is 33.2. The third kappa shape index (κ3) is 6.26. The largest absolute Gasteiger partial charge is 0.310 e. The van der Waals surface area contributed by atoms with Crippen LogP contribution in [-0.4, -0.2) is 4.57 Å². The van der Waals surface area contributed by atoms with Gasteiger partial charge in [-0.3, -0.25) is 0 Å². The second-order valence-corrected chi connectivity index (χ2v) is 17.7. The maximum Gasteiger partial charge on any atom is 0.0714 e. The van der Waals surface area contributed by atoms with Crippen LogP contribution >= 0.6 is 0 Å². The number of para-hydroxylation sites is 1. The number of nitrogens with zero attached hydrogens (tertiary/aromatic N) is 2. The second kappa shape index (κ2) is 15.8. The minimum Gasteiger partial charge on any atom is -0.310 e. The molecule has 1 heterocycles. The standard InChI is InChI=1S/C65H44N2/c1-4-17-45(18-5-1)46-31-35-53(36-32-46)66(56-39-40-58-57-27-12-14-29-61(57)65(62(58)44-56,51-22-6-2-7-23-51)52-24-8-3-9-25-52)55-26-16-21-48(41-55)47-33-37-54(38-34-47)67-63-30-15-13-28-59(63)60-42-49-19-10-11-20-50(49)43-64(60)67/h1-44H. The van der Waals surface area contributed by atoms with Crippen LogP contribution in [0.1, 0.15) is 22.3 Å². The van der Waals surface area contributed by atoms with Gasteiger partial charge < -0.3 is 9.47 Å². The molecule has 0 atom stereocenters. The van der Waals surface area contributed by atoms with Crippen molar-refractivity contribution in [2.45, 2.75) is 5.41 Å². The zero-order valence-electron chi connectivity index (χ0n) is 36.8. The molecule has 0 radical (unpaired) electrons. The van der Waals surface area contributed by atoms with Crippen molar-refractivity contribution in [2.75, 3.05) is 4.90 Å². The highest BCUT2D eigenvalue weighted by molar-refractivity contribution is 6.13. The average molecular weight is 853 g/mol. The van der Waals surface area contributed by atoms with Gasteiger partial charge in [0.25, 0.3) is 0 Å². The van der Waals surface area contributed by atoms with E-state index in [0.29, 0.717) is 0 Å². The molecule has 0 spiro atoms. The lowest BCUT2D eigenvalue weighted by Crippen LogP contribution is -2.28. The molecule has 0 amide bonds. The summed E-state index contributed by atoms with van der Waals surface area (Å²) in [6.45, 7) is 0. The van der Waals surface area contributed by atoms with Crippen molar-refractivity contribution in [1.29, 1.82) is 0 Å². The van der Waals surface area contributed by atoms with Crippen LogP contribution in [0.3, 0.4) is 0 Å². The van der Waals surface area contributed by atoms with Gasteiger partial charge in [-0.2, -0.15) is 0 Å². The summed E-state index contributed by atoms with van der Waals surface area (Å²) < 4.78 is 2.41. The number of benzene rings is 11. The van der Waals surface area contributed by atoms with Crippen LogP contribution in [-0.2, 0) is 5.41 Å². The summed E-state index contributed by atoms with van der Waals surface area (Å²) in [5.74, 6) is 0. The third-order valence-corrected chi connectivity index (χ3v) is 14.0. The minimum absolute atomic E-state index is 0.514. The molecule has 314 valence electrons. The molecule has 1 aromatic heterocycles. The SMILES string of the molecule is c1ccc(-c2ccc(N(c3cccc(-c4ccc(-n5c6ccccc6c6cc7ccccc7cc65)cc4)c3)c3ccc4c(c3)C(c3ccccc3)(c3ccccc3)c3ccccc3-4)cc2)cc1. The van der Waals surface area contributed by atoms with Crippen LogP contribution < -0.4 is 4.90 Å². The molecule has 0 N–H and O–H groups in total. The van der Waals surface area contributed by atoms with Gasteiger partial charge >= 0.3 is 0 Å². The van der Waals surface area contributed by atoms with E-state index in [2.05, 4.69) is 276 Å². The summed E-state index contributed by atoms with van der Waals surface area (Å²) in [6.07, 6.45) is 0. The van der Waals surface area contributed by atoms with E-state index in [9.17, 15) is 0 Å². The fourth-order valence-corrected chi connectivity index (χ4v) is 11.0. The smallest absolute Gasteiger partial charge is 0.0714 e. The van der Waals surface area contributed by atoms with Gasteiger partial charge in [-0.15, -0.1) is 0 Å². The van der Waals surface area contributed by atoms with Gasteiger partial charge in [0.05, 0.1) is 16.4 Å². The molecule has 2 nitrogen and oxygen atoms in total. The number of fused-ring (bicyclic) bond motifs is 7. The van der Waals surface area contributed by atoms with E-state index >= 15 is 0 Å². The Morgan fingerprint density at radius 1 is 0.299 bits per heavy atom. The molecule has 2 heteroatoms. The van der Waals surface area contributed by atoms with E-state index in [0.717, 1.165) is 33.9 Å². The summed E-state index contributed by atoms with van der Waals surface area (Å²) in [7, 11) is 0. The van der Waals surface area contributed by atoms with Gasteiger partial charge in [0.15, 0.2) is 0 Å². The molecule has 0 saturated heterocycles. The minimum atomic E-state index is -0.514. The Hall–Kier alpha value is -8.72. The number of hydrogen-bond acceptors (Lipinski definition) is 1. The first kappa shape index (κ1) is 38.7. The van der Waals surface area contributed by atoms with Gasteiger partial charge in [0, 0.05) is 33.5 Å². The molecule has 0 saturated carbocycles. The number of anilines is 3. The van der Waals surface area contributed by atoms with Crippen molar-refractivity contribution in [1.82, 2.24) is 4.57 Å². The van der Waals surface area contributed by atoms with Crippen molar-refractivity contribution >= 4 is 49.6 Å². The van der Waals surface area contributed by atoms with Gasteiger partial charge in [-0.25, -0.2) is 0 Å². The normalized spacial score (nSPS) is 12.6. The maximum absolute atomic E-state index is 2.46. The highest BCUT2D eigenvalue weighted by Gasteiger charge is 2.46. The topological polar surface area (TPSA) is 8.17 Å². The second-order valence-electron chi connectivity index (χ2n) is 17.7. The fourth-order valence-electron chi connectivity index (χ4n) is 11.0. The van der Waals surface area contributed by atoms with E-state index < -0.39 is 5.41 Å². The molecule has 13 rings (SSSR count). The Morgan fingerprint density at radius 2 is 0.836 bits per heavy atom. The Morgan fingerprint density at radius 3 is 1.58 bits per heavy atom. The fraction of sp³-hybridized carbons (Fsp3) is 0.0154. The zero-order valence-corrected chi connectivity index (χ0v) is 36.8. The number of rotatable bonds is 8. The molecule has 0 bridgehead atoms. The van der Waals surface area contributed by atoms with Crippen molar-refractivity contribution in [3.05, 3.63) is 289 Å². The molecular formula is C65H44N2. The average Bonchev–Trinajstić information content (AvgIpc) is 3.89. The van der Waals surface area contributed by atoms with Crippen molar-refractivity contribution < 1.29 is 0 Å². The molecule has 12 aromatic rings. The molecule has 67 heavy (non-hydrogen) atoms. The summed E-state index contributed by atoms with van der Waals surface area (Å²) in [4.78, 5) is 2.43. The van der Waals surface area contributed by atoms with Crippen LogP contribution in [0.15, 0.2) is 267 Å². The van der Waals surface area contributed by atoms with Gasteiger partial charge in [0.2, 0.25) is 0 Å². The highest BCUT2D eigenvalue weighted by Crippen LogP contribution is 2.57. The van der Waals surface area contributed by atoms with E-state index in [1.807, 2.05) is 0 Å².